The van der Waals surface area contributed by atoms with Crippen molar-refractivity contribution in [2.45, 2.75) is 44.6 Å². The zero-order chi connectivity index (χ0) is 40.8. The Labute approximate surface area is 327 Å². The third kappa shape index (κ3) is 8.57. The maximum absolute atomic E-state index is 13.3. The lowest BCUT2D eigenvalue weighted by atomic mass is 9.92. The van der Waals surface area contributed by atoms with E-state index in [9.17, 15) is 33.6 Å². The number of aryl methyl sites for hydroxylation is 2. The van der Waals surface area contributed by atoms with Crippen molar-refractivity contribution in [3.63, 3.8) is 0 Å². The third-order valence-corrected chi connectivity index (χ3v) is 10.1. The predicted molar refractivity (Wildman–Crippen MR) is 207 cm³/mol. The first-order valence-corrected chi connectivity index (χ1v) is 18.6. The van der Waals surface area contributed by atoms with E-state index in [4.69, 9.17) is 14.2 Å². The molecule has 2 aliphatic rings. The lowest BCUT2D eigenvalue weighted by molar-refractivity contribution is -0.132. The van der Waals surface area contributed by atoms with E-state index in [0.29, 0.717) is 35.2 Å². The highest BCUT2D eigenvalue weighted by molar-refractivity contribution is 6.25. The van der Waals surface area contributed by atoms with Gasteiger partial charge in [0.05, 0.1) is 63.8 Å². The number of ketones is 2. The van der Waals surface area contributed by atoms with E-state index < -0.39 is 23.6 Å². The number of anilines is 1. The molecule has 17 nitrogen and oxygen atoms in total. The SMILES string of the molecule is COc1cc(-c2cn(C)c(=O)c3c2cnn3C)cc(OC)c1CCCC(=O)NCCOCCNC(=O)CNc1cccc2c1C(=O)N(C1CCC(=O)CC1=O)C2=O. The standard InChI is InChI=1S/C40H45N7O10/c1-45-22-28(27-20-44-46(2)37(27)40(45)54)23-17-32(55-3)25(33(18-23)56-4)7-6-10-34(50)41-13-15-57-16-14-42-35(51)21-43-29-9-5-8-26-36(29)39(53)47(38(26)52)30-12-11-24(48)19-31(30)49/h5,8-9,17-18,20,22,30,43H,6-7,10-16,19,21H2,1-4H3,(H,41,50)(H,42,51). The monoisotopic (exact) mass is 783 g/mol. The maximum Gasteiger partial charge on any atom is 0.276 e. The Morgan fingerprint density at radius 3 is 2.30 bits per heavy atom. The molecule has 4 amide bonds. The van der Waals surface area contributed by atoms with Crippen LogP contribution in [0.25, 0.3) is 22.0 Å². The molecular weight excluding hydrogens is 738 g/mol. The van der Waals surface area contributed by atoms with Crippen molar-refractivity contribution in [3.8, 4) is 22.6 Å². The molecule has 3 heterocycles. The number of rotatable bonds is 17. The van der Waals surface area contributed by atoms with Gasteiger partial charge in [0.2, 0.25) is 11.8 Å². The highest BCUT2D eigenvalue weighted by atomic mass is 16.5. The second kappa shape index (κ2) is 17.6. The van der Waals surface area contributed by atoms with Crippen molar-refractivity contribution in [2.75, 3.05) is 52.4 Å². The summed E-state index contributed by atoms with van der Waals surface area (Å²) in [4.78, 5) is 89.2. The number of nitrogens with one attached hydrogen (secondary N) is 3. The first-order valence-electron chi connectivity index (χ1n) is 18.6. The van der Waals surface area contributed by atoms with Gasteiger partial charge in [0.25, 0.3) is 17.4 Å². The van der Waals surface area contributed by atoms with Gasteiger partial charge in [-0.2, -0.15) is 5.10 Å². The molecule has 0 radical (unpaired) electrons. The number of benzene rings is 2. The number of Topliss-reactive ketones (excluding diaryl/α,β-unsaturated/α-hetero) is 2. The summed E-state index contributed by atoms with van der Waals surface area (Å²) >= 11 is 0. The van der Waals surface area contributed by atoms with E-state index in [1.54, 1.807) is 57.5 Å². The molecule has 1 unspecified atom stereocenters. The summed E-state index contributed by atoms with van der Waals surface area (Å²) in [7, 11) is 6.57. The molecule has 300 valence electrons. The summed E-state index contributed by atoms with van der Waals surface area (Å²) < 4.78 is 20.1. The van der Waals surface area contributed by atoms with E-state index in [2.05, 4.69) is 21.0 Å². The minimum absolute atomic E-state index is 0.0881. The number of carbonyl (C=O) groups excluding carboxylic acids is 6. The lowest BCUT2D eigenvalue weighted by Gasteiger charge is -2.27. The molecule has 0 bridgehead atoms. The molecule has 3 N–H and O–H groups in total. The molecule has 1 atom stereocenters. The second-order valence-corrected chi connectivity index (χ2v) is 13.8. The summed E-state index contributed by atoms with van der Waals surface area (Å²) in [5.74, 6) is -1.22. The molecule has 2 aromatic carbocycles. The van der Waals surface area contributed by atoms with Crippen LogP contribution in [0, 0.1) is 0 Å². The van der Waals surface area contributed by atoms with E-state index in [0.717, 1.165) is 21.6 Å². The van der Waals surface area contributed by atoms with Crippen LogP contribution in [0.1, 0.15) is 58.4 Å². The molecular formula is C40H45N7O10. The van der Waals surface area contributed by atoms with E-state index in [1.165, 1.54) is 10.6 Å². The van der Waals surface area contributed by atoms with Crippen LogP contribution in [0.2, 0.25) is 0 Å². The summed E-state index contributed by atoms with van der Waals surface area (Å²) in [5, 5.41) is 13.4. The van der Waals surface area contributed by atoms with Crippen molar-refractivity contribution < 1.29 is 43.0 Å². The van der Waals surface area contributed by atoms with Crippen LogP contribution in [0.15, 0.2) is 47.5 Å². The van der Waals surface area contributed by atoms with Crippen LogP contribution in [-0.4, -0.2) is 108 Å². The largest absolute Gasteiger partial charge is 0.496 e. The zero-order valence-corrected chi connectivity index (χ0v) is 32.3. The number of hydrogen-bond donors (Lipinski definition) is 3. The van der Waals surface area contributed by atoms with Gasteiger partial charge in [-0.1, -0.05) is 6.07 Å². The van der Waals surface area contributed by atoms with Crippen LogP contribution in [-0.2, 0) is 44.4 Å². The highest BCUT2D eigenvalue weighted by Crippen LogP contribution is 2.38. The van der Waals surface area contributed by atoms with Crippen LogP contribution in [0.5, 0.6) is 11.5 Å². The number of hydrogen-bond acceptors (Lipinski definition) is 12. The number of imide groups is 1. The van der Waals surface area contributed by atoms with E-state index in [-0.39, 0.29) is 98.5 Å². The minimum Gasteiger partial charge on any atom is -0.496 e. The van der Waals surface area contributed by atoms with Gasteiger partial charge in [-0.3, -0.25) is 43.1 Å². The fraction of sp³-hybridized carbons (Fsp3) is 0.400. The Balaban J connectivity index is 0.899. The van der Waals surface area contributed by atoms with Gasteiger partial charge in [-0.05, 0) is 49.1 Å². The average molecular weight is 784 g/mol. The Morgan fingerprint density at radius 2 is 1.61 bits per heavy atom. The number of nitrogens with zero attached hydrogens (tertiary/aromatic N) is 4. The van der Waals surface area contributed by atoms with Crippen LogP contribution in [0.4, 0.5) is 5.69 Å². The van der Waals surface area contributed by atoms with Crippen molar-refractivity contribution in [1.82, 2.24) is 29.9 Å². The number of fused-ring (bicyclic) bond motifs is 2. The Hall–Kier alpha value is -6.36. The van der Waals surface area contributed by atoms with Gasteiger partial charge < -0.3 is 34.7 Å². The molecule has 1 aliphatic heterocycles. The number of pyridine rings is 1. The molecule has 2 aromatic heterocycles. The van der Waals surface area contributed by atoms with Gasteiger partial charge in [0.1, 0.15) is 22.8 Å². The molecule has 1 aliphatic carbocycles. The first-order chi connectivity index (χ1) is 27.4. The average Bonchev–Trinajstić information content (AvgIpc) is 3.71. The molecule has 57 heavy (non-hydrogen) atoms. The highest BCUT2D eigenvalue weighted by Gasteiger charge is 2.45. The molecule has 1 fully saturated rings. The summed E-state index contributed by atoms with van der Waals surface area (Å²) in [6.45, 7) is 0.732. The lowest BCUT2D eigenvalue weighted by Crippen LogP contribution is -2.47. The molecule has 1 saturated carbocycles. The van der Waals surface area contributed by atoms with Crippen molar-refractivity contribution in [2.24, 2.45) is 14.1 Å². The van der Waals surface area contributed by atoms with Gasteiger partial charge in [0, 0.05) is 68.4 Å². The normalized spacial score (nSPS) is 15.2. The van der Waals surface area contributed by atoms with Crippen LogP contribution >= 0.6 is 0 Å². The molecule has 0 saturated heterocycles. The number of amides is 4. The Kier molecular flexibility index (Phi) is 12.5. The Morgan fingerprint density at radius 1 is 0.912 bits per heavy atom. The molecule has 4 aromatic rings. The predicted octanol–water partition coefficient (Wildman–Crippen LogP) is 1.93. The number of methoxy groups -OCH3 is 2. The number of ether oxygens (including phenoxy) is 3. The summed E-state index contributed by atoms with van der Waals surface area (Å²) in [5.41, 5.74) is 3.27. The fourth-order valence-electron chi connectivity index (χ4n) is 7.24. The van der Waals surface area contributed by atoms with Gasteiger partial charge in [0.15, 0.2) is 5.78 Å². The fourth-order valence-corrected chi connectivity index (χ4v) is 7.24. The van der Waals surface area contributed by atoms with Crippen molar-refractivity contribution >= 4 is 51.8 Å². The minimum atomic E-state index is -0.981. The first kappa shape index (κ1) is 40.3. The molecule has 17 heteroatoms. The maximum atomic E-state index is 13.3. The zero-order valence-electron chi connectivity index (χ0n) is 32.3. The topological polar surface area (TPSA) is 209 Å². The van der Waals surface area contributed by atoms with Gasteiger partial charge in [-0.25, -0.2) is 0 Å². The van der Waals surface area contributed by atoms with Gasteiger partial charge in [-0.15, -0.1) is 0 Å². The van der Waals surface area contributed by atoms with E-state index in [1.807, 2.05) is 12.1 Å². The summed E-state index contributed by atoms with van der Waals surface area (Å²) in [6, 6.07) is 7.45. The Bertz CT molecular complexity index is 2290. The molecule has 0 spiro atoms. The van der Waals surface area contributed by atoms with E-state index >= 15 is 0 Å². The van der Waals surface area contributed by atoms with Crippen molar-refractivity contribution in [1.29, 1.82) is 0 Å². The summed E-state index contributed by atoms with van der Waals surface area (Å²) in [6.07, 6.45) is 4.66. The van der Waals surface area contributed by atoms with Crippen LogP contribution in [0.3, 0.4) is 0 Å². The number of aromatic nitrogens is 3. The number of carbonyl (C=O) groups is 6. The van der Waals surface area contributed by atoms with Crippen LogP contribution < -0.4 is 31.0 Å². The smallest absolute Gasteiger partial charge is 0.276 e. The third-order valence-electron chi connectivity index (χ3n) is 10.1. The van der Waals surface area contributed by atoms with Crippen molar-refractivity contribution in [3.05, 3.63) is 69.8 Å². The second-order valence-electron chi connectivity index (χ2n) is 13.8. The quantitative estimate of drug-likeness (QED) is 0.0798. The molecule has 6 rings (SSSR count). The van der Waals surface area contributed by atoms with Gasteiger partial charge >= 0.3 is 0 Å².